The minimum atomic E-state index is -0.773. The van der Waals surface area contributed by atoms with Crippen molar-refractivity contribution in [3.8, 4) is 5.75 Å². The summed E-state index contributed by atoms with van der Waals surface area (Å²) in [5.74, 6) is 0.190. The fourth-order valence-corrected chi connectivity index (χ4v) is 3.10. The Balaban J connectivity index is 1.69. The van der Waals surface area contributed by atoms with E-state index in [1.807, 2.05) is 12.1 Å². The van der Waals surface area contributed by atoms with Gasteiger partial charge < -0.3 is 20.3 Å². The van der Waals surface area contributed by atoms with Gasteiger partial charge in [-0.2, -0.15) is 0 Å². The van der Waals surface area contributed by atoms with E-state index in [-0.39, 0.29) is 18.2 Å². The molecular weight excluding hydrogens is 342 g/mol. The van der Waals surface area contributed by atoms with Gasteiger partial charge in [-0.3, -0.25) is 9.59 Å². The molecule has 1 aliphatic rings. The lowest BCUT2D eigenvalue weighted by molar-refractivity contribution is -0.130. The number of unbranched alkanes of at least 4 members (excludes halogenated alkanes) is 2. The summed E-state index contributed by atoms with van der Waals surface area (Å²) in [5.41, 5.74) is 0.651. The molecule has 1 atom stereocenters. The second-order valence-electron chi connectivity index (χ2n) is 7.05. The topological polar surface area (TPSA) is 70.7 Å². The summed E-state index contributed by atoms with van der Waals surface area (Å²) in [5, 5.41) is 5.70. The standard InChI is InChI=1S/C21H33N3O3/c1-3-5-13-24(14-6-4-2)15-9-12-22-20(25)16-19-21(26)23-17-10-7-8-11-18(17)27-19/h7-8,10-11,19H,3-6,9,12-16H2,1-2H3,(H,22,25)(H,23,26). The molecule has 0 saturated heterocycles. The lowest BCUT2D eigenvalue weighted by Crippen LogP contribution is -2.41. The maximum atomic E-state index is 12.2. The third-order valence-corrected chi connectivity index (χ3v) is 4.71. The number of rotatable bonds is 12. The number of hydrogen-bond acceptors (Lipinski definition) is 4. The van der Waals surface area contributed by atoms with Crippen LogP contribution in [0.1, 0.15) is 52.4 Å². The highest BCUT2D eigenvalue weighted by atomic mass is 16.5. The van der Waals surface area contributed by atoms with Crippen LogP contribution in [0.15, 0.2) is 24.3 Å². The van der Waals surface area contributed by atoms with Crippen LogP contribution in [0.5, 0.6) is 5.75 Å². The van der Waals surface area contributed by atoms with E-state index in [0.717, 1.165) is 26.1 Å². The Morgan fingerprint density at radius 2 is 1.78 bits per heavy atom. The Bertz CT molecular complexity index is 598. The van der Waals surface area contributed by atoms with Crippen LogP contribution < -0.4 is 15.4 Å². The SMILES string of the molecule is CCCCN(CCCC)CCCNC(=O)CC1Oc2ccccc2NC1=O. The van der Waals surface area contributed by atoms with Crippen LogP contribution in [0.4, 0.5) is 5.69 Å². The van der Waals surface area contributed by atoms with E-state index in [0.29, 0.717) is 18.0 Å². The van der Waals surface area contributed by atoms with Gasteiger partial charge in [-0.25, -0.2) is 0 Å². The lowest BCUT2D eigenvalue weighted by Gasteiger charge is -2.25. The molecule has 6 heteroatoms. The van der Waals surface area contributed by atoms with Crippen molar-refractivity contribution in [3.05, 3.63) is 24.3 Å². The Hall–Kier alpha value is -2.08. The largest absolute Gasteiger partial charge is 0.478 e. The fraction of sp³-hybridized carbons (Fsp3) is 0.619. The first-order chi connectivity index (χ1) is 13.1. The van der Waals surface area contributed by atoms with Gasteiger partial charge >= 0.3 is 0 Å². The van der Waals surface area contributed by atoms with Gasteiger partial charge in [0.25, 0.3) is 5.91 Å². The maximum absolute atomic E-state index is 12.2. The smallest absolute Gasteiger partial charge is 0.266 e. The summed E-state index contributed by atoms with van der Waals surface area (Å²) in [6.45, 7) is 8.28. The molecule has 0 aromatic heterocycles. The van der Waals surface area contributed by atoms with Gasteiger partial charge in [-0.15, -0.1) is 0 Å². The van der Waals surface area contributed by atoms with Gasteiger partial charge in [0.15, 0.2) is 6.10 Å². The van der Waals surface area contributed by atoms with Crippen molar-refractivity contribution in [3.63, 3.8) is 0 Å². The number of anilines is 1. The summed E-state index contributed by atoms with van der Waals surface area (Å²) in [6, 6.07) is 7.25. The van der Waals surface area contributed by atoms with Crippen molar-refractivity contribution in [1.29, 1.82) is 0 Å². The van der Waals surface area contributed by atoms with Crippen molar-refractivity contribution >= 4 is 17.5 Å². The highest BCUT2D eigenvalue weighted by Gasteiger charge is 2.29. The number of hydrogen-bond donors (Lipinski definition) is 2. The van der Waals surface area contributed by atoms with E-state index >= 15 is 0 Å². The minimum Gasteiger partial charge on any atom is -0.478 e. The summed E-state index contributed by atoms with van der Waals surface area (Å²) in [4.78, 5) is 26.7. The molecule has 2 N–H and O–H groups in total. The maximum Gasteiger partial charge on any atom is 0.266 e. The molecule has 1 aliphatic heterocycles. The number of amides is 2. The fourth-order valence-electron chi connectivity index (χ4n) is 3.10. The molecule has 2 amide bonds. The zero-order valence-corrected chi connectivity index (χ0v) is 16.6. The average Bonchev–Trinajstić information content (AvgIpc) is 2.67. The number of para-hydroxylation sites is 2. The predicted molar refractivity (Wildman–Crippen MR) is 108 cm³/mol. The van der Waals surface area contributed by atoms with Crippen molar-refractivity contribution < 1.29 is 14.3 Å². The Morgan fingerprint density at radius 1 is 1.11 bits per heavy atom. The number of fused-ring (bicyclic) bond motifs is 1. The Labute approximate surface area is 162 Å². The monoisotopic (exact) mass is 375 g/mol. The van der Waals surface area contributed by atoms with Crippen LogP contribution >= 0.6 is 0 Å². The molecule has 1 unspecified atom stereocenters. The van der Waals surface area contributed by atoms with Crippen LogP contribution in [0.25, 0.3) is 0 Å². The van der Waals surface area contributed by atoms with Gasteiger partial charge in [0.2, 0.25) is 5.91 Å². The summed E-state index contributed by atoms with van der Waals surface area (Å²) in [7, 11) is 0. The first-order valence-corrected chi connectivity index (χ1v) is 10.2. The molecule has 6 nitrogen and oxygen atoms in total. The molecule has 0 bridgehead atoms. The minimum absolute atomic E-state index is 0.0373. The second-order valence-corrected chi connectivity index (χ2v) is 7.05. The highest BCUT2D eigenvalue weighted by Crippen LogP contribution is 2.29. The highest BCUT2D eigenvalue weighted by molar-refractivity contribution is 5.99. The van der Waals surface area contributed by atoms with Gasteiger partial charge in [0.05, 0.1) is 12.1 Å². The number of nitrogens with one attached hydrogen (secondary N) is 2. The van der Waals surface area contributed by atoms with E-state index in [1.165, 1.54) is 25.7 Å². The number of carbonyl (C=O) groups is 2. The lowest BCUT2D eigenvalue weighted by atomic mass is 10.1. The van der Waals surface area contributed by atoms with Crippen molar-refractivity contribution in [2.24, 2.45) is 0 Å². The molecule has 0 saturated carbocycles. The van der Waals surface area contributed by atoms with Crippen LogP contribution in [-0.2, 0) is 9.59 Å². The molecule has 150 valence electrons. The average molecular weight is 376 g/mol. The number of nitrogens with zero attached hydrogens (tertiary/aromatic N) is 1. The number of benzene rings is 1. The summed E-state index contributed by atoms with van der Waals surface area (Å²) >= 11 is 0. The number of ether oxygens (including phenoxy) is 1. The normalized spacial score (nSPS) is 15.8. The molecular formula is C21H33N3O3. The van der Waals surface area contributed by atoms with Gasteiger partial charge in [0.1, 0.15) is 5.75 Å². The van der Waals surface area contributed by atoms with Crippen LogP contribution in [0, 0.1) is 0 Å². The van der Waals surface area contributed by atoms with Crippen molar-refractivity contribution in [2.75, 3.05) is 31.5 Å². The first kappa shape index (κ1) is 21.2. The van der Waals surface area contributed by atoms with Crippen molar-refractivity contribution in [1.82, 2.24) is 10.2 Å². The third-order valence-electron chi connectivity index (χ3n) is 4.71. The van der Waals surface area contributed by atoms with E-state index in [4.69, 9.17) is 4.74 Å². The molecule has 0 spiro atoms. The molecule has 0 radical (unpaired) electrons. The quantitative estimate of drug-likeness (QED) is 0.551. The molecule has 2 rings (SSSR count). The van der Waals surface area contributed by atoms with E-state index in [2.05, 4.69) is 29.4 Å². The van der Waals surface area contributed by atoms with Crippen molar-refractivity contribution in [2.45, 2.75) is 58.5 Å². The number of carbonyl (C=O) groups excluding carboxylic acids is 2. The predicted octanol–water partition coefficient (Wildman–Crippen LogP) is 3.18. The van der Waals surface area contributed by atoms with E-state index in [1.54, 1.807) is 12.1 Å². The molecule has 1 heterocycles. The molecule has 27 heavy (non-hydrogen) atoms. The zero-order valence-electron chi connectivity index (χ0n) is 16.6. The van der Waals surface area contributed by atoms with Gasteiger partial charge in [-0.1, -0.05) is 38.8 Å². The molecule has 0 aliphatic carbocycles. The first-order valence-electron chi connectivity index (χ1n) is 10.2. The van der Waals surface area contributed by atoms with Crippen LogP contribution in [0.2, 0.25) is 0 Å². The van der Waals surface area contributed by atoms with Crippen LogP contribution in [-0.4, -0.2) is 49.0 Å². The molecule has 0 fully saturated rings. The Kier molecular flexibility index (Phi) is 9.11. The summed E-state index contributed by atoms with van der Waals surface area (Å²) in [6.07, 6.45) is 5.01. The molecule has 1 aromatic carbocycles. The third kappa shape index (κ3) is 7.21. The zero-order chi connectivity index (χ0) is 19.5. The van der Waals surface area contributed by atoms with Gasteiger partial charge in [-0.05, 0) is 51.0 Å². The van der Waals surface area contributed by atoms with Gasteiger partial charge in [0, 0.05) is 6.54 Å². The summed E-state index contributed by atoms with van der Waals surface area (Å²) < 4.78 is 5.67. The second kappa shape index (κ2) is 11.6. The Morgan fingerprint density at radius 3 is 2.48 bits per heavy atom. The van der Waals surface area contributed by atoms with E-state index in [9.17, 15) is 9.59 Å². The van der Waals surface area contributed by atoms with E-state index < -0.39 is 6.10 Å². The van der Waals surface area contributed by atoms with Crippen LogP contribution in [0.3, 0.4) is 0 Å². The molecule has 1 aromatic rings.